The molecule has 0 saturated heterocycles. The second-order valence-electron chi connectivity index (χ2n) is 5.99. The van der Waals surface area contributed by atoms with Crippen molar-refractivity contribution in [1.29, 1.82) is 0 Å². The van der Waals surface area contributed by atoms with Gasteiger partial charge in [-0.05, 0) is 61.2 Å². The largest absolute Gasteiger partial charge is 0.508 e. The van der Waals surface area contributed by atoms with E-state index in [2.05, 4.69) is 21.6 Å². The van der Waals surface area contributed by atoms with Gasteiger partial charge in [-0.15, -0.1) is 0 Å². The standard InChI is InChI=1S/C20H21N3O2/c1-14(15-9-11-17(24)12-10-15)22-23-20(25)8-4-5-16-13-21-19-7-3-2-6-18(16)19/h2-3,6-7,9-13,21,24H,4-5,8H2,1H3,(H,23,25)/b22-14+. The quantitative estimate of drug-likeness (QED) is 0.474. The van der Waals surface area contributed by atoms with E-state index in [1.807, 2.05) is 31.3 Å². The number of aryl methyl sites for hydroxylation is 1. The molecule has 1 heterocycles. The van der Waals surface area contributed by atoms with E-state index in [1.165, 1.54) is 10.9 Å². The molecule has 0 aliphatic rings. The average molecular weight is 335 g/mol. The van der Waals surface area contributed by atoms with Crippen LogP contribution >= 0.6 is 0 Å². The number of amides is 1. The Bertz CT molecular complexity index is 895. The second-order valence-corrected chi connectivity index (χ2v) is 5.99. The first-order valence-electron chi connectivity index (χ1n) is 8.31. The minimum atomic E-state index is -0.0991. The molecule has 0 radical (unpaired) electrons. The van der Waals surface area contributed by atoms with Gasteiger partial charge in [-0.25, -0.2) is 5.43 Å². The first kappa shape index (κ1) is 16.8. The van der Waals surface area contributed by atoms with Crippen LogP contribution in [-0.2, 0) is 11.2 Å². The highest BCUT2D eigenvalue weighted by atomic mass is 16.3. The number of nitrogens with one attached hydrogen (secondary N) is 2. The fourth-order valence-electron chi connectivity index (χ4n) is 2.75. The number of aromatic hydroxyl groups is 1. The van der Waals surface area contributed by atoms with Crippen LogP contribution in [0, 0.1) is 0 Å². The third kappa shape index (κ3) is 4.26. The number of phenolic OH excluding ortho intramolecular Hbond substituents is 1. The fraction of sp³-hybridized carbons (Fsp3) is 0.200. The molecule has 5 nitrogen and oxygen atoms in total. The normalized spacial score (nSPS) is 11.6. The van der Waals surface area contributed by atoms with Gasteiger partial charge in [0.15, 0.2) is 0 Å². The number of phenols is 1. The number of H-pyrrole nitrogens is 1. The smallest absolute Gasteiger partial charge is 0.240 e. The van der Waals surface area contributed by atoms with Gasteiger partial charge in [0, 0.05) is 23.5 Å². The van der Waals surface area contributed by atoms with Gasteiger partial charge >= 0.3 is 0 Å². The van der Waals surface area contributed by atoms with Crippen molar-refractivity contribution >= 4 is 22.5 Å². The predicted molar refractivity (Wildman–Crippen MR) is 99.7 cm³/mol. The Morgan fingerprint density at radius 1 is 1.16 bits per heavy atom. The monoisotopic (exact) mass is 335 g/mol. The molecule has 25 heavy (non-hydrogen) atoms. The van der Waals surface area contributed by atoms with Crippen molar-refractivity contribution in [3.63, 3.8) is 0 Å². The summed E-state index contributed by atoms with van der Waals surface area (Å²) in [5.74, 6) is 0.107. The molecule has 0 aliphatic heterocycles. The first-order valence-corrected chi connectivity index (χ1v) is 8.31. The Morgan fingerprint density at radius 2 is 1.92 bits per heavy atom. The number of carbonyl (C=O) groups excluding carboxylic acids is 1. The average Bonchev–Trinajstić information content (AvgIpc) is 3.04. The summed E-state index contributed by atoms with van der Waals surface area (Å²) in [6, 6.07) is 14.9. The van der Waals surface area contributed by atoms with E-state index in [0.717, 1.165) is 23.9 Å². The van der Waals surface area contributed by atoms with E-state index in [-0.39, 0.29) is 11.7 Å². The zero-order chi connectivity index (χ0) is 17.6. The molecule has 128 valence electrons. The van der Waals surface area contributed by atoms with Gasteiger partial charge in [0.25, 0.3) is 0 Å². The maximum absolute atomic E-state index is 12.0. The number of nitrogens with zero attached hydrogens (tertiary/aromatic N) is 1. The summed E-state index contributed by atoms with van der Waals surface area (Å²) >= 11 is 0. The van der Waals surface area contributed by atoms with Crippen LogP contribution in [0.5, 0.6) is 5.75 Å². The number of aromatic nitrogens is 1. The Morgan fingerprint density at radius 3 is 2.72 bits per heavy atom. The lowest BCUT2D eigenvalue weighted by Gasteiger charge is -2.03. The van der Waals surface area contributed by atoms with Crippen LogP contribution in [0.4, 0.5) is 0 Å². The third-order valence-electron chi connectivity index (χ3n) is 4.16. The van der Waals surface area contributed by atoms with Crippen LogP contribution in [0.25, 0.3) is 10.9 Å². The van der Waals surface area contributed by atoms with Gasteiger partial charge < -0.3 is 10.1 Å². The van der Waals surface area contributed by atoms with Crippen molar-refractivity contribution in [2.75, 3.05) is 0 Å². The van der Waals surface area contributed by atoms with Gasteiger partial charge in [-0.3, -0.25) is 4.79 Å². The van der Waals surface area contributed by atoms with Crippen molar-refractivity contribution in [2.45, 2.75) is 26.2 Å². The van der Waals surface area contributed by atoms with Crippen LogP contribution in [0.1, 0.15) is 30.9 Å². The number of hydrazone groups is 1. The topological polar surface area (TPSA) is 77.5 Å². The van der Waals surface area contributed by atoms with Crippen molar-refractivity contribution in [3.8, 4) is 5.75 Å². The van der Waals surface area contributed by atoms with Crippen LogP contribution in [0.15, 0.2) is 59.8 Å². The van der Waals surface area contributed by atoms with Gasteiger partial charge in [-0.1, -0.05) is 18.2 Å². The number of aromatic amines is 1. The van der Waals surface area contributed by atoms with Crippen molar-refractivity contribution in [2.24, 2.45) is 5.10 Å². The van der Waals surface area contributed by atoms with Crippen LogP contribution in [0.2, 0.25) is 0 Å². The summed E-state index contributed by atoms with van der Waals surface area (Å²) in [7, 11) is 0. The lowest BCUT2D eigenvalue weighted by molar-refractivity contribution is -0.121. The van der Waals surface area contributed by atoms with Crippen LogP contribution in [-0.4, -0.2) is 21.7 Å². The Balaban J connectivity index is 1.49. The van der Waals surface area contributed by atoms with Crippen LogP contribution < -0.4 is 5.43 Å². The lowest BCUT2D eigenvalue weighted by Crippen LogP contribution is -2.19. The number of para-hydroxylation sites is 1. The molecule has 3 rings (SSSR count). The van der Waals surface area contributed by atoms with E-state index < -0.39 is 0 Å². The molecule has 0 unspecified atom stereocenters. The number of rotatable bonds is 6. The molecular formula is C20H21N3O2. The van der Waals surface area contributed by atoms with Gasteiger partial charge in [-0.2, -0.15) is 5.10 Å². The summed E-state index contributed by atoms with van der Waals surface area (Å²) in [4.78, 5) is 15.2. The number of carbonyl (C=O) groups is 1. The van der Waals surface area contributed by atoms with E-state index >= 15 is 0 Å². The number of hydrogen-bond donors (Lipinski definition) is 3. The van der Waals surface area contributed by atoms with E-state index in [1.54, 1.807) is 24.3 Å². The summed E-state index contributed by atoms with van der Waals surface area (Å²) in [5, 5.41) is 14.6. The third-order valence-corrected chi connectivity index (χ3v) is 4.16. The highest BCUT2D eigenvalue weighted by Crippen LogP contribution is 2.19. The van der Waals surface area contributed by atoms with E-state index in [9.17, 15) is 9.90 Å². The zero-order valence-corrected chi connectivity index (χ0v) is 14.1. The molecule has 3 aromatic rings. The summed E-state index contributed by atoms with van der Waals surface area (Å²) in [5.41, 5.74) is 6.50. The van der Waals surface area contributed by atoms with Crippen molar-refractivity contribution in [1.82, 2.24) is 10.4 Å². The zero-order valence-electron chi connectivity index (χ0n) is 14.1. The SMILES string of the molecule is C/C(=N\NC(=O)CCCc1c[nH]c2ccccc12)c1ccc(O)cc1. The number of fused-ring (bicyclic) bond motifs is 1. The number of hydrogen-bond acceptors (Lipinski definition) is 3. The molecule has 5 heteroatoms. The lowest BCUT2D eigenvalue weighted by atomic mass is 10.1. The molecule has 1 amide bonds. The Labute approximate surface area is 146 Å². The molecule has 0 fully saturated rings. The van der Waals surface area contributed by atoms with Crippen LogP contribution in [0.3, 0.4) is 0 Å². The predicted octanol–water partition coefficient (Wildman–Crippen LogP) is 3.74. The van der Waals surface area contributed by atoms with Gasteiger partial charge in [0.2, 0.25) is 5.91 Å². The maximum atomic E-state index is 12.0. The van der Waals surface area contributed by atoms with Crippen molar-refractivity contribution in [3.05, 3.63) is 65.9 Å². The second kappa shape index (κ2) is 7.66. The molecule has 0 atom stereocenters. The van der Waals surface area contributed by atoms with E-state index in [0.29, 0.717) is 12.1 Å². The molecule has 0 saturated carbocycles. The minimum absolute atomic E-state index is 0.0991. The van der Waals surface area contributed by atoms with Crippen molar-refractivity contribution < 1.29 is 9.90 Å². The summed E-state index contributed by atoms with van der Waals surface area (Å²) in [6.45, 7) is 1.82. The summed E-state index contributed by atoms with van der Waals surface area (Å²) in [6.07, 6.45) is 4.04. The molecule has 0 spiro atoms. The first-order chi connectivity index (χ1) is 12.1. The maximum Gasteiger partial charge on any atom is 0.240 e. The molecule has 3 N–H and O–H groups in total. The minimum Gasteiger partial charge on any atom is -0.508 e. The highest BCUT2D eigenvalue weighted by molar-refractivity contribution is 5.99. The molecule has 0 bridgehead atoms. The van der Waals surface area contributed by atoms with E-state index in [4.69, 9.17) is 0 Å². The Kier molecular flexibility index (Phi) is 5.14. The summed E-state index contributed by atoms with van der Waals surface area (Å²) < 4.78 is 0. The van der Waals surface area contributed by atoms with Gasteiger partial charge in [0.05, 0.1) is 5.71 Å². The fourth-order valence-corrected chi connectivity index (χ4v) is 2.75. The highest BCUT2D eigenvalue weighted by Gasteiger charge is 2.05. The number of benzene rings is 2. The van der Waals surface area contributed by atoms with Gasteiger partial charge in [0.1, 0.15) is 5.75 Å². The molecule has 0 aliphatic carbocycles. The molecule has 1 aromatic heterocycles. The Hall–Kier alpha value is -3.08. The molecular weight excluding hydrogens is 314 g/mol. The molecule has 2 aromatic carbocycles.